The summed E-state index contributed by atoms with van der Waals surface area (Å²) in [5.41, 5.74) is 0. The average Bonchev–Trinajstić information content (AvgIpc) is 2.27. The Labute approximate surface area is 120 Å². The zero-order valence-electron chi connectivity index (χ0n) is 12.5. The van der Waals surface area contributed by atoms with Crippen molar-refractivity contribution in [3.8, 4) is 0 Å². The standard InChI is InChI=1S/C13H24ClN5/c1-7(2)9(5)15-12-17-11(14)18-13(19-12)16-10(6)8(3)4/h7-10H,1-6H3,(H2,15,16,17,18,19). The molecule has 0 aliphatic carbocycles. The monoisotopic (exact) mass is 285 g/mol. The highest BCUT2D eigenvalue weighted by molar-refractivity contribution is 6.28. The van der Waals surface area contributed by atoms with E-state index < -0.39 is 0 Å². The summed E-state index contributed by atoms with van der Waals surface area (Å²) in [6, 6.07) is 0.544. The topological polar surface area (TPSA) is 62.7 Å². The fourth-order valence-corrected chi connectivity index (χ4v) is 1.38. The first-order valence-electron chi connectivity index (χ1n) is 6.74. The minimum Gasteiger partial charge on any atom is -0.351 e. The number of anilines is 2. The van der Waals surface area contributed by atoms with Crippen molar-refractivity contribution in [1.82, 2.24) is 15.0 Å². The molecule has 0 spiro atoms. The molecule has 19 heavy (non-hydrogen) atoms. The van der Waals surface area contributed by atoms with Gasteiger partial charge in [-0.1, -0.05) is 27.7 Å². The van der Waals surface area contributed by atoms with E-state index in [2.05, 4.69) is 67.1 Å². The summed E-state index contributed by atoms with van der Waals surface area (Å²) in [7, 11) is 0. The summed E-state index contributed by atoms with van der Waals surface area (Å²) >= 11 is 5.93. The Bertz CT molecular complexity index is 374. The molecule has 0 fully saturated rings. The Hall–Kier alpha value is -1.10. The number of halogens is 1. The maximum Gasteiger partial charge on any atom is 0.229 e. The third kappa shape index (κ3) is 5.19. The molecule has 1 heterocycles. The van der Waals surface area contributed by atoms with Gasteiger partial charge in [-0.25, -0.2) is 0 Å². The highest BCUT2D eigenvalue weighted by Gasteiger charge is 2.13. The van der Waals surface area contributed by atoms with E-state index in [9.17, 15) is 0 Å². The van der Waals surface area contributed by atoms with E-state index in [1.54, 1.807) is 0 Å². The second kappa shape index (κ2) is 6.89. The van der Waals surface area contributed by atoms with E-state index in [0.29, 0.717) is 23.7 Å². The summed E-state index contributed by atoms with van der Waals surface area (Å²) < 4.78 is 0. The van der Waals surface area contributed by atoms with Crippen molar-refractivity contribution in [2.45, 2.75) is 53.6 Å². The summed E-state index contributed by atoms with van der Waals surface area (Å²) in [6.45, 7) is 12.7. The van der Waals surface area contributed by atoms with E-state index in [-0.39, 0.29) is 17.4 Å². The number of rotatable bonds is 6. The van der Waals surface area contributed by atoms with Crippen molar-refractivity contribution in [3.63, 3.8) is 0 Å². The molecule has 2 atom stereocenters. The fourth-order valence-electron chi connectivity index (χ4n) is 1.22. The molecule has 0 saturated heterocycles. The van der Waals surface area contributed by atoms with Gasteiger partial charge in [0, 0.05) is 12.1 Å². The number of aromatic nitrogens is 3. The zero-order valence-corrected chi connectivity index (χ0v) is 13.3. The Balaban J connectivity index is 2.82. The van der Waals surface area contributed by atoms with Crippen LogP contribution in [0.2, 0.25) is 5.28 Å². The van der Waals surface area contributed by atoms with Crippen LogP contribution >= 0.6 is 11.6 Å². The molecule has 6 heteroatoms. The summed E-state index contributed by atoms with van der Waals surface area (Å²) in [6.07, 6.45) is 0. The van der Waals surface area contributed by atoms with E-state index >= 15 is 0 Å². The Morgan fingerprint density at radius 1 is 0.737 bits per heavy atom. The number of hydrogen-bond donors (Lipinski definition) is 2. The van der Waals surface area contributed by atoms with Gasteiger partial charge in [-0.2, -0.15) is 15.0 Å². The lowest BCUT2D eigenvalue weighted by Gasteiger charge is -2.19. The molecule has 1 aromatic rings. The number of nitrogens with zero attached hydrogens (tertiary/aromatic N) is 3. The molecule has 0 aromatic carbocycles. The van der Waals surface area contributed by atoms with Gasteiger partial charge in [0.1, 0.15) is 0 Å². The smallest absolute Gasteiger partial charge is 0.229 e. The molecule has 5 nitrogen and oxygen atoms in total. The lowest BCUT2D eigenvalue weighted by atomic mass is 10.1. The van der Waals surface area contributed by atoms with E-state index in [0.717, 1.165) is 0 Å². The highest BCUT2D eigenvalue weighted by atomic mass is 35.5. The molecule has 0 radical (unpaired) electrons. The molecule has 2 N–H and O–H groups in total. The molecular formula is C13H24ClN5. The van der Waals surface area contributed by atoms with Gasteiger partial charge in [-0.15, -0.1) is 0 Å². The third-order valence-corrected chi connectivity index (χ3v) is 3.49. The predicted molar refractivity (Wildman–Crippen MR) is 80.7 cm³/mol. The summed E-state index contributed by atoms with van der Waals surface area (Å²) in [5, 5.41) is 6.68. The van der Waals surface area contributed by atoms with Crippen LogP contribution in [0.25, 0.3) is 0 Å². The first kappa shape index (κ1) is 16.0. The highest BCUT2D eigenvalue weighted by Crippen LogP contribution is 2.14. The molecule has 108 valence electrons. The van der Waals surface area contributed by atoms with E-state index in [1.165, 1.54) is 0 Å². The number of nitrogens with one attached hydrogen (secondary N) is 2. The lowest BCUT2D eigenvalue weighted by Crippen LogP contribution is -2.25. The molecular weight excluding hydrogens is 262 g/mol. The molecule has 0 aliphatic heterocycles. The van der Waals surface area contributed by atoms with Crippen LogP contribution < -0.4 is 10.6 Å². The third-order valence-electron chi connectivity index (χ3n) is 3.32. The normalized spacial score (nSPS) is 14.6. The molecule has 0 saturated carbocycles. The lowest BCUT2D eigenvalue weighted by molar-refractivity contribution is 0.551. The van der Waals surface area contributed by atoms with E-state index in [4.69, 9.17) is 11.6 Å². The Morgan fingerprint density at radius 2 is 1.11 bits per heavy atom. The van der Waals surface area contributed by atoms with Crippen molar-refractivity contribution < 1.29 is 0 Å². The van der Waals surface area contributed by atoms with Crippen LogP contribution in [0.1, 0.15) is 41.5 Å². The second-order valence-corrected chi connectivity index (χ2v) is 5.94. The van der Waals surface area contributed by atoms with Crippen LogP contribution in [0.15, 0.2) is 0 Å². The molecule has 2 unspecified atom stereocenters. The number of hydrogen-bond acceptors (Lipinski definition) is 5. The van der Waals surface area contributed by atoms with Crippen LogP contribution in [0, 0.1) is 11.8 Å². The molecule has 0 amide bonds. The molecule has 1 aromatic heterocycles. The Morgan fingerprint density at radius 3 is 1.42 bits per heavy atom. The van der Waals surface area contributed by atoms with Gasteiger partial charge in [-0.05, 0) is 37.3 Å². The molecule has 1 rings (SSSR count). The predicted octanol–water partition coefficient (Wildman–Crippen LogP) is 3.44. The van der Waals surface area contributed by atoms with Crippen LogP contribution in [0.3, 0.4) is 0 Å². The van der Waals surface area contributed by atoms with Gasteiger partial charge < -0.3 is 10.6 Å². The minimum atomic E-state index is 0.201. The Kier molecular flexibility index (Phi) is 5.79. The van der Waals surface area contributed by atoms with Crippen LogP contribution in [-0.4, -0.2) is 27.0 Å². The maximum absolute atomic E-state index is 5.93. The van der Waals surface area contributed by atoms with Gasteiger partial charge >= 0.3 is 0 Å². The van der Waals surface area contributed by atoms with Gasteiger partial charge in [0.15, 0.2) is 0 Å². The fraction of sp³-hybridized carbons (Fsp3) is 0.769. The first-order chi connectivity index (χ1) is 8.79. The first-order valence-corrected chi connectivity index (χ1v) is 7.12. The zero-order chi connectivity index (χ0) is 14.6. The minimum absolute atomic E-state index is 0.201. The largest absolute Gasteiger partial charge is 0.351 e. The molecule has 0 aliphatic rings. The van der Waals surface area contributed by atoms with Crippen LogP contribution in [-0.2, 0) is 0 Å². The van der Waals surface area contributed by atoms with Crippen molar-refractivity contribution >= 4 is 23.5 Å². The molecule has 0 bridgehead atoms. The summed E-state index contributed by atoms with van der Waals surface area (Å²) in [4.78, 5) is 12.6. The van der Waals surface area contributed by atoms with Crippen molar-refractivity contribution in [2.75, 3.05) is 10.6 Å². The van der Waals surface area contributed by atoms with Gasteiger partial charge in [0.2, 0.25) is 17.2 Å². The van der Waals surface area contributed by atoms with Crippen molar-refractivity contribution in [2.24, 2.45) is 11.8 Å². The van der Waals surface area contributed by atoms with Gasteiger partial charge in [0.25, 0.3) is 0 Å². The van der Waals surface area contributed by atoms with Gasteiger partial charge in [0.05, 0.1) is 0 Å². The quantitative estimate of drug-likeness (QED) is 0.838. The SMILES string of the molecule is CC(C)C(C)Nc1nc(Cl)nc(NC(C)C(C)C)n1. The van der Waals surface area contributed by atoms with E-state index in [1.807, 2.05) is 0 Å². The van der Waals surface area contributed by atoms with Gasteiger partial charge in [-0.3, -0.25) is 0 Å². The maximum atomic E-state index is 5.93. The van der Waals surface area contributed by atoms with Crippen LogP contribution in [0.4, 0.5) is 11.9 Å². The van der Waals surface area contributed by atoms with Crippen molar-refractivity contribution in [3.05, 3.63) is 5.28 Å². The summed E-state index contributed by atoms with van der Waals surface area (Å²) in [5.74, 6) is 2.00. The average molecular weight is 286 g/mol. The van der Waals surface area contributed by atoms with Crippen LogP contribution in [0.5, 0.6) is 0 Å². The second-order valence-electron chi connectivity index (χ2n) is 5.61. The van der Waals surface area contributed by atoms with Crippen molar-refractivity contribution in [1.29, 1.82) is 0 Å².